The molecule has 0 aliphatic heterocycles. The lowest BCUT2D eigenvalue weighted by atomic mass is 10.0. The van der Waals surface area contributed by atoms with E-state index in [4.69, 9.17) is 0 Å². The van der Waals surface area contributed by atoms with Gasteiger partial charge in [-0.15, -0.1) is 0 Å². The third-order valence-corrected chi connectivity index (χ3v) is 3.79. The predicted octanol–water partition coefficient (Wildman–Crippen LogP) is 2.74. The Balaban J connectivity index is 2.22. The molecule has 0 heterocycles. The van der Waals surface area contributed by atoms with E-state index >= 15 is 0 Å². The van der Waals surface area contributed by atoms with Crippen molar-refractivity contribution < 1.29 is 4.80 Å². The van der Waals surface area contributed by atoms with Gasteiger partial charge in [-0.25, -0.2) is 0 Å². The van der Waals surface area contributed by atoms with E-state index in [1.54, 1.807) is 0 Å². The summed E-state index contributed by atoms with van der Waals surface area (Å²) in [5.74, 6) is 0. The van der Waals surface area contributed by atoms with E-state index in [1.807, 2.05) is 30.3 Å². The van der Waals surface area contributed by atoms with E-state index < -0.39 is 0 Å². The molecule has 86 valence electrons. The zero-order valence-electron chi connectivity index (χ0n) is 9.80. The number of hydrogen-bond donors (Lipinski definition) is 1. The summed E-state index contributed by atoms with van der Waals surface area (Å²) in [6.07, 6.45) is 0. The van der Waals surface area contributed by atoms with Crippen LogP contribution in [-0.4, -0.2) is 14.6 Å². The van der Waals surface area contributed by atoms with Gasteiger partial charge in [0.1, 0.15) is 0 Å². The van der Waals surface area contributed by atoms with Gasteiger partial charge < -0.3 is 4.80 Å². The monoisotopic (exact) mass is 248 g/mol. The van der Waals surface area contributed by atoms with Crippen molar-refractivity contribution in [3.8, 4) is 11.1 Å². The summed E-state index contributed by atoms with van der Waals surface area (Å²) in [6, 6.07) is 22.7. The average molecular weight is 248 g/mol. The van der Waals surface area contributed by atoms with Gasteiger partial charge in [0.15, 0.2) is 0 Å². The molecule has 1 nitrogen and oxygen atoms in total. The van der Waals surface area contributed by atoms with Gasteiger partial charge in [-0.1, -0.05) is 60.7 Å². The fourth-order valence-electron chi connectivity index (χ4n) is 2.18. The highest BCUT2D eigenvalue weighted by molar-refractivity contribution is 6.50. The van der Waals surface area contributed by atoms with Gasteiger partial charge in [0.25, 0.3) is 9.76 Å². The van der Waals surface area contributed by atoms with E-state index in [1.165, 1.54) is 16.5 Å². The lowest BCUT2D eigenvalue weighted by molar-refractivity contribution is 0.616. The Morgan fingerprint density at radius 1 is 0.722 bits per heavy atom. The summed E-state index contributed by atoms with van der Waals surface area (Å²) in [5.41, 5.74) is 2.39. The van der Waals surface area contributed by atoms with Crippen molar-refractivity contribution in [1.29, 1.82) is 0 Å². The van der Waals surface area contributed by atoms with Crippen LogP contribution in [-0.2, 0) is 0 Å². The summed E-state index contributed by atoms with van der Waals surface area (Å²) in [7, 11) is -0.162. The third-order valence-electron chi connectivity index (χ3n) is 3.11. The van der Waals surface area contributed by atoms with Crippen molar-refractivity contribution >= 4 is 25.7 Å². The highest BCUT2D eigenvalue weighted by atomic mass is 28.2. The second-order valence-electron chi connectivity index (χ2n) is 4.22. The molecule has 1 N–H and O–H groups in total. The summed E-state index contributed by atoms with van der Waals surface area (Å²) >= 11 is 0. The largest absolute Gasteiger partial charge is 0.428 e. The van der Waals surface area contributed by atoms with Crippen LogP contribution in [0.1, 0.15) is 0 Å². The van der Waals surface area contributed by atoms with Crippen LogP contribution in [0.4, 0.5) is 0 Å². The molecule has 0 aliphatic carbocycles. The standard InChI is InChI=1S/C16H12OSi/c17-18-16-8-4-7-13-9-10-14(11-15(13)16)12-5-2-1-3-6-12/h1-11,17H. The van der Waals surface area contributed by atoms with E-state index in [2.05, 4.69) is 36.4 Å². The van der Waals surface area contributed by atoms with Crippen molar-refractivity contribution in [3.63, 3.8) is 0 Å². The molecule has 0 fully saturated rings. The molecule has 3 rings (SSSR count). The van der Waals surface area contributed by atoms with Crippen LogP contribution in [0.15, 0.2) is 66.7 Å². The van der Waals surface area contributed by atoms with Crippen molar-refractivity contribution in [3.05, 3.63) is 66.7 Å². The fraction of sp³-hybridized carbons (Fsp3) is 0. The van der Waals surface area contributed by atoms with E-state index in [0.29, 0.717) is 0 Å². The van der Waals surface area contributed by atoms with Gasteiger partial charge in [0.2, 0.25) is 0 Å². The minimum Gasteiger partial charge on any atom is -0.428 e. The molecule has 0 aromatic heterocycles. The Kier molecular flexibility index (Phi) is 2.96. The Morgan fingerprint density at radius 2 is 1.56 bits per heavy atom. The van der Waals surface area contributed by atoms with Gasteiger partial charge in [-0.3, -0.25) is 0 Å². The molecule has 2 radical (unpaired) electrons. The molecule has 0 unspecified atom stereocenters. The summed E-state index contributed by atoms with van der Waals surface area (Å²) < 4.78 is 0. The Bertz CT molecular complexity index is 677. The van der Waals surface area contributed by atoms with E-state index in [9.17, 15) is 4.80 Å². The Morgan fingerprint density at radius 3 is 2.33 bits per heavy atom. The molecule has 0 bridgehead atoms. The van der Waals surface area contributed by atoms with Gasteiger partial charge in [-0.05, 0) is 33.2 Å². The number of hydrogen-bond acceptors (Lipinski definition) is 1. The van der Waals surface area contributed by atoms with Crippen LogP contribution < -0.4 is 5.19 Å². The molecule has 2 heteroatoms. The highest BCUT2D eigenvalue weighted by Crippen LogP contribution is 2.23. The maximum atomic E-state index is 9.42. The molecule has 0 saturated carbocycles. The smallest absolute Gasteiger partial charge is 0.266 e. The summed E-state index contributed by atoms with van der Waals surface area (Å²) in [6.45, 7) is 0. The molecule has 3 aromatic carbocycles. The van der Waals surface area contributed by atoms with Gasteiger partial charge >= 0.3 is 0 Å². The molecule has 0 spiro atoms. The molecule has 0 amide bonds. The van der Waals surface area contributed by atoms with E-state index in [-0.39, 0.29) is 9.76 Å². The van der Waals surface area contributed by atoms with E-state index in [0.717, 1.165) is 10.6 Å². The second-order valence-corrected chi connectivity index (χ2v) is 4.98. The molecular formula is C16H12OSi. The first-order valence-electron chi connectivity index (χ1n) is 5.87. The topological polar surface area (TPSA) is 20.2 Å². The Labute approximate surface area is 109 Å². The van der Waals surface area contributed by atoms with Crippen LogP contribution in [0.5, 0.6) is 0 Å². The first-order valence-corrected chi connectivity index (χ1v) is 6.81. The lowest BCUT2D eigenvalue weighted by Gasteiger charge is -2.06. The number of rotatable bonds is 2. The normalized spacial score (nSPS) is 10.7. The van der Waals surface area contributed by atoms with Crippen LogP contribution in [0.3, 0.4) is 0 Å². The molecule has 0 saturated heterocycles. The average Bonchev–Trinajstić information content (AvgIpc) is 2.47. The minimum absolute atomic E-state index is 0.162. The third kappa shape index (κ3) is 1.96. The zero-order valence-corrected chi connectivity index (χ0v) is 10.8. The lowest BCUT2D eigenvalue weighted by Crippen LogP contribution is -2.13. The molecule has 0 atom stereocenters. The number of benzene rings is 3. The van der Waals surface area contributed by atoms with Gasteiger partial charge in [-0.2, -0.15) is 0 Å². The molecule has 18 heavy (non-hydrogen) atoms. The highest BCUT2D eigenvalue weighted by Gasteiger charge is 2.03. The first kappa shape index (κ1) is 11.2. The molecule has 0 aliphatic rings. The van der Waals surface area contributed by atoms with Crippen molar-refractivity contribution in [2.45, 2.75) is 0 Å². The quantitative estimate of drug-likeness (QED) is 0.691. The predicted molar refractivity (Wildman–Crippen MR) is 77.0 cm³/mol. The van der Waals surface area contributed by atoms with Crippen molar-refractivity contribution in [1.82, 2.24) is 0 Å². The van der Waals surface area contributed by atoms with Crippen LogP contribution in [0.2, 0.25) is 0 Å². The maximum Gasteiger partial charge on any atom is 0.266 e. The summed E-state index contributed by atoms with van der Waals surface area (Å²) in [4.78, 5) is 9.42. The number of fused-ring (bicyclic) bond motifs is 1. The molecular weight excluding hydrogens is 236 g/mol. The summed E-state index contributed by atoms with van der Waals surface area (Å²) in [5, 5.41) is 3.32. The van der Waals surface area contributed by atoms with Crippen molar-refractivity contribution in [2.24, 2.45) is 0 Å². The van der Waals surface area contributed by atoms with Crippen molar-refractivity contribution in [2.75, 3.05) is 0 Å². The molecule has 3 aromatic rings. The fourth-order valence-corrected chi connectivity index (χ4v) is 2.69. The Hall–Kier alpha value is -1.90. The van der Waals surface area contributed by atoms with Crippen LogP contribution in [0, 0.1) is 0 Å². The van der Waals surface area contributed by atoms with Crippen LogP contribution in [0.25, 0.3) is 21.9 Å². The minimum atomic E-state index is -0.162. The maximum absolute atomic E-state index is 9.42. The SMILES string of the molecule is O[Si]c1cccc2ccc(-c3ccccc3)cc12. The van der Waals surface area contributed by atoms with Gasteiger partial charge in [0, 0.05) is 0 Å². The first-order chi connectivity index (χ1) is 8.88. The second kappa shape index (κ2) is 4.76. The van der Waals surface area contributed by atoms with Gasteiger partial charge in [0.05, 0.1) is 0 Å². The van der Waals surface area contributed by atoms with Crippen LogP contribution >= 0.6 is 0 Å². The zero-order chi connectivity index (χ0) is 12.4.